The van der Waals surface area contributed by atoms with Gasteiger partial charge in [0.1, 0.15) is 6.61 Å². The van der Waals surface area contributed by atoms with Crippen molar-refractivity contribution in [2.45, 2.75) is 32.4 Å². The van der Waals surface area contributed by atoms with Crippen molar-refractivity contribution in [1.29, 1.82) is 0 Å². The summed E-state index contributed by atoms with van der Waals surface area (Å²) in [6, 6.07) is 8.27. The van der Waals surface area contributed by atoms with Crippen molar-refractivity contribution in [2.24, 2.45) is 17.6 Å². The number of amides is 1. The molecule has 0 radical (unpaired) electrons. The number of rotatable bonds is 6. The average Bonchev–Trinajstić information content (AvgIpc) is 2.59. The Hall–Kier alpha value is -2.41. The summed E-state index contributed by atoms with van der Waals surface area (Å²) in [5.74, 6) is -2.30. The molecule has 0 spiro atoms. The number of aliphatic carboxylic acids is 1. The van der Waals surface area contributed by atoms with Gasteiger partial charge in [-0.25, -0.2) is 0 Å². The van der Waals surface area contributed by atoms with E-state index in [4.69, 9.17) is 15.6 Å². The first kappa shape index (κ1) is 18.9. The van der Waals surface area contributed by atoms with Crippen LogP contribution in [0.2, 0.25) is 0 Å². The van der Waals surface area contributed by atoms with Gasteiger partial charge in [0.15, 0.2) is 0 Å². The zero-order valence-corrected chi connectivity index (χ0v) is 14.3. The number of nitrogens with two attached hydrogens (primary N) is 1. The molecule has 3 N–H and O–H groups in total. The van der Waals surface area contributed by atoms with E-state index in [9.17, 15) is 14.4 Å². The second kappa shape index (κ2) is 8.62. The highest BCUT2D eigenvalue weighted by Crippen LogP contribution is 2.24. The lowest BCUT2D eigenvalue weighted by Crippen LogP contribution is -2.51. The lowest BCUT2D eigenvalue weighted by atomic mass is 9.86. The van der Waals surface area contributed by atoms with Crippen LogP contribution in [0.25, 0.3) is 0 Å². The molecule has 0 bridgehead atoms. The van der Waals surface area contributed by atoms with Gasteiger partial charge < -0.3 is 20.5 Å². The highest BCUT2D eigenvalue weighted by Gasteiger charge is 2.34. The number of benzene rings is 1. The molecule has 7 nitrogen and oxygen atoms in total. The number of esters is 1. The largest absolute Gasteiger partial charge is 0.481 e. The summed E-state index contributed by atoms with van der Waals surface area (Å²) in [5.41, 5.74) is 6.71. The minimum atomic E-state index is -0.975. The maximum atomic E-state index is 12.4. The Bertz CT molecular complexity index is 619. The van der Waals surface area contributed by atoms with Crippen molar-refractivity contribution in [1.82, 2.24) is 4.90 Å². The van der Waals surface area contributed by atoms with Crippen LogP contribution in [0.1, 0.15) is 25.3 Å². The summed E-state index contributed by atoms with van der Waals surface area (Å²) >= 11 is 0. The van der Waals surface area contributed by atoms with Gasteiger partial charge in [-0.05, 0) is 17.9 Å². The van der Waals surface area contributed by atoms with Crippen LogP contribution in [-0.4, -0.2) is 47.0 Å². The van der Waals surface area contributed by atoms with Crippen LogP contribution in [0.5, 0.6) is 0 Å². The van der Waals surface area contributed by atoms with Crippen LogP contribution in [0, 0.1) is 11.8 Å². The smallest absolute Gasteiger partial charge is 0.308 e. The van der Waals surface area contributed by atoms with Gasteiger partial charge in [-0.1, -0.05) is 37.3 Å². The monoisotopic (exact) mass is 348 g/mol. The van der Waals surface area contributed by atoms with Gasteiger partial charge in [0.05, 0.1) is 18.4 Å². The Labute approximate surface area is 146 Å². The zero-order chi connectivity index (χ0) is 18.4. The molecule has 2 rings (SSSR count). The molecule has 1 fully saturated rings. The molecule has 0 aromatic heterocycles. The lowest BCUT2D eigenvalue weighted by Gasteiger charge is -2.36. The van der Waals surface area contributed by atoms with Gasteiger partial charge in [0.2, 0.25) is 5.91 Å². The van der Waals surface area contributed by atoms with Gasteiger partial charge in [-0.15, -0.1) is 0 Å². The Balaban J connectivity index is 1.80. The quantitative estimate of drug-likeness (QED) is 0.743. The molecule has 1 heterocycles. The number of piperidine rings is 1. The second-order valence-electron chi connectivity index (χ2n) is 6.45. The maximum absolute atomic E-state index is 12.4. The van der Waals surface area contributed by atoms with Crippen molar-refractivity contribution in [3.05, 3.63) is 35.9 Å². The molecular formula is C18H24N2O5. The number of likely N-dealkylation sites (tertiary alicyclic amines) is 1. The standard InChI is InChI=1S/C18H24N2O5/c1-12-10-20(8-7-14(12)18(23)24)17(22)15(19)9-16(21)25-11-13-5-3-2-4-6-13/h2-6,12,14-15H,7-11,19H2,1H3,(H,23,24)/t12?,14?,15-/m0/s1. The van der Waals surface area contributed by atoms with Crippen LogP contribution < -0.4 is 5.73 Å². The van der Waals surface area contributed by atoms with Gasteiger partial charge in [-0.3, -0.25) is 14.4 Å². The first-order valence-corrected chi connectivity index (χ1v) is 8.35. The minimum Gasteiger partial charge on any atom is -0.481 e. The first-order valence-electron chi connectivity index (χ1n) is 8.35. The highest BCUT2D eigenvalue weighted by atomic mass is 16.5. The summed E-state index contributed by atoms with van der Waals surface area (Å²) in [7, 11) is 0. The van der Waals surface area contributed by atoms with Crippen LogP contribution in [-0.2, 0) is 25.7 Å². The molecule has 1 saturated heterocycles. The minimum absolute atomic E-state index is 0.140. The number of carboxylic acids is 1. The van der Waals surface area contributed by atoms with E-state index >= 15 is 0 Å². The van der Waals surface area contributed by atoms with E-state index in [1.165, 1.54) is 0 Å². The van der Waals surface area contributed by atoms with Gasteiger partial charge in [0.25, 0.3) is 0 Å². The van der Waals surface area contributed by atoms with Crippen LogP contribution in [0.15, 0.2) is 30.3 Å². The molecule has 2 unspecified atom stereocenters. The number of carbonyl (C=O) groups excluding carboxylic acids is 2. The Kier molecular flexibility index (Phi) is 6.52. The van der Waals surface area contributed by atoms with Crippen LogP contribution >= 0.6 is 0 Å². The maximum Gasteiger partial charge on any atom is 0.308 e. The molecule has 1 aliphatic rings. The van der Waals surface area contributed by atoms with Crippen LogP contribution in [0.3, 0.4) is 0 Å². The average molecular weight is 348 g/mol. The summed E-state index contributed by atoms with van der Waals surface area (Å²) in [5, 5.41) is 9.13. The van der Waals surface area contributed by atoms with E-state index in [1.54, 1.807) is 11.8 Å². The fraction of sp³-hybridized carbons (Fsp3) is 0.500. The number of hydrogen-bond acceptors (Lipinski definition) is 5. The van der Waals surface area contributed by atoms with Gasteiger partial charge in [-0.2, -0.15) is 0 Å². The molecule has 25 heavy (non-hydrogen) atoms. The van der Waals surface area contributed by atoms with Crippen LogP contribution in [0.4, 0.5) is 0 Å². The van der Waals surface area contributed by atoms with Crippen molar-refractivity contribution in [3.63, 3.8) is 0 Å². The molecule has 1 aromatic rings. The number of nitrogens with zero attached hydrogens (tertiary/aromatic N) is 1. The molecule has 7 heteroatoms. The third-order valence-electron chi connectivity index (χ3n) is 4.48. The topological polar surface area (TPSA) is 110 Å². The van der Waals surface area contributed by atoms with E-state index in [0.29, 0.717) is 19.5 Å². The van der Waals surface area contributed by atoms with E-state index in [0.717, 1.165) is 5.56 Å². The number of carbonyl (C=O) groups is 3. The predicted molar refractivity (Wildman–Crippen MR) is 90.3 cm³/mol. The molecule has 1 amide bonds. The van der Waals surface area contributed by atoms with Gasteiger partial charge in [0, 0.05) is 13.1 Å². The molecule has 1 aliphatic heterocycles. The summed E-state index contributed by atoms with van der Waals surface area (Å²) in [6.07, 6.45) is 0.201. The van der Waals surface area contributed by atoms with E-state index in [-0.39, 0.29) is 24.9 Å². The third-order valence-corrected chi connectivity index (χ3v) is 4.48. The first-order chi connectivity index (χ1) is 11.9. The third kappa shape index (κ3) is 5.29. The Morgan fingerprint density at radius 2 is 2.00 bits per heavy atom. The zero-order valence-electron chi connectivity index (χ0n) is 14.3. The highest BCUT2D eigenvalue weighted by molar-refractivity contribution is 5.86. The van der Waals surface area contributed by atoms with Crippen molar-refractivity contribution in [3.8, 4) is 0 Å². The summed E-state index contributed by atoms with van der Waals surface area (Å²) < 4.78 is 5.14. The fourth-order valence-corrected chi connectivity index (χ4v) is 3.01. The van der Waals surface area contributed by atoms with Crippen molar-refractivity contribution < 1.29 is 24.2 Å². The van der Waals surface area contributed by atoms with E-state index in [1.807, 2.05) is 30.3 Å². The normalized spacial score (nSPS) is 21.4. The van der Waals surface area contributed by atoms with E-state index in [2.05, 4.69) is 0 Å². The predicted octanol–water partition coefficient (Wildman–Crippen LogP) is 1.02. The molecule has 0 aliphatic carbocycles. The number of carboxylic acid groups (broad SMARTS) is 1. The molecule has 0 saturated carbocycles. The Morgan fingerprint density at radius 1 is 1.32 bits per heavy atom. The molecule has 1 aromatic carbocycles. The van der Waals surface area contributed by atoms with E-state index < -0.39 is 23.9 Å². The SMILES string of the molecule is CC1CN(C(=O)[C@@H](N)CC(=O)OCc2ccccc2)CCC1C(=O)O. The number of hydrogen-bond donors (Lipinski definition) is 2. The molecule has 3 atom stereocenters. The fourth-order valence-electron chi connectivity index (χ4n) is 3.01. The summed E-state index contributed by atoms with van der Waals surface area (Å²) in [6.45, 7) is 2.62. The molecular weight excluding hydrogens is 324 g/mol. The number of ether oxygens (including phenoxy) is 1. The molecule has 136 valence electrons. The Morgan fingerprint density at radius 3 is 2.60 bits per heavy atom. The van der Waals surface area contributed by atoms with Crippen molar-refractivity contribution in [2.75, 3.05) is 13.1 Å². The van der Waals surface area contributed by atoms with Gasteiger partial charge >= 0.3 is 11.9 Å². The lowest BCUT2D eigenvalue weighted by molar-refractivity contribution is -0.150. The second-order valence-corrected chi connectivity index (χ2v) is 6.45. The van der Waals surface area contributed by atoms with Crippen molar-refractivity contribution >= 4 is 17.8 Å². The summed E-state index contributed by atoms with van der Waals surface area (Å²) in [4.78, 5) is 36.9.